The number of para-hydroxylation sites is 3. The third-order valence-electron chi connectivity index (χ3n) is 10.9. The molecule has 0 aliphatic heterocycles. The van der Waals surface area contributed by atoms with Gasteiger partial charge in [-0.15, -0.1) is 0 Å². The van der Waals surface area contributed by atoms with Gasteiger partial charge in [-0.05, 0) is 94.7 Å². The quantitative estimate of drug-likeness (QED) is 0.185. The van der Waals surface area contributed by atoms with Crippen LogP contribution in [-0.2, 0) is 0 Å². The summed E-state index contributed by atoms with van der Waals surface area (Å²) in [6.45, 7) is 0. The van der Waals surface area contributed by atoms with Gasteiger partial charge in [-0.25, -0.2) is 4.98 Å². The van der Waals surface area contributed by atoms with Gasteiger partial charge in [-0.2, -0.15) is 5.26 Å². The fraction of sp³-hybridized carbons (Fsp3) is 0. The molecule has 0 radical (unpaired) electrons. The average molecular weight is 687 g/mol. The monoisotopic (exact) mass is 686 g/mol. The zero-order valence-electron chi connectivity index (χ0n) is 29.1. The second-order valence-corrected chi connectivity index (χ2v) is 13.9. The molecule has 250 valence electrons. The summed E-state index contributed by atoms with van der Waals surface area (Å²) < 4.78 is 4.73. The van der Waals surface area contributed by atoms with Crippen molar-refractivity contribution in [2.45, 2.75) is 0 Å². The molecule has 3 heterocycles. The normalized spacial score (nSPS) is 11.7. The number of pyridine rings is 1. The molecule has 4 heteroatoms. The Morgan fingerprint density at radius 3 is 1.78 bits per heavy atom. The molecule has 0 N–H and O–H groups in total. The lowest BCUT2D eigenvalue weighted by Crippen LogP contribution is -1.94. The minimum atomic E-state index is 0.632. The first-order valence-corrected chi connectivity index (χ1v) is 18.2. The number of aromatic nitrogens is 3. The molecule has 0 aliphatic carbocycles. The van der Waals surface area contributed by atoms with Gasteiger partial charge in [-0.3, -0.25) is 0 Å². The molecule has 0 aliphatic rings. The SMILES string of the molecule is N#Cc1cc(-c2ccc(-n3c4ccccc4c4cc(-c5ccc6c(c5)c5c7ccccc7ccc5n6-c5ccccc5)ccc43)cc2)nc2ccccc12. The van der Waals surface area contributed by atoms with Gasteiger partial charge in [0.25, 0.3) is 0 Å². The molecule has 0 saturated carbocycles. The number of fused-ring (bicyclic) bond motifs is 9. The number of hydrogen-bond donors (Lipinski definition) is 0. The summed E-state index contributed by atoms with van der Waals surface area (Å²) in [5.41, 5.74) is 12.5. The Labute approximate surface area is 311 Å². The first-order valence-electron chi connectivity index (χ1n) is 18.2. The molecule has 0 saturated heterocycles. The lowest BCUT2D eigenvalue weighted by Gasteiger charge is -2.11. The molecule has 11 rings (SSSR count). The van der Waals surface area contributed by atoms with Crippen LogP contribution in [0, 0.1) is 11.3 Å². The largest absolute Gasteiger partial charge is 0.309 e. The highest BCUT2D eigenvalue weighted by Crippen LogP contribution is 2.40. The van der Waals surface area contributed by atoms with Crippen LogP contribution in [0.4, 0.5) is 0 Å². The lowest BCUT2D eigenvalue weighted by molar-refractivity contribution is 1.18. The summed E-state index contributed by atoms with van der Waals surface area (Å²) in [5, 5.41) is 18.2. The molecule has 0 atom stereocenters. The van der Waals surface area contributed by atoms with Crippen molar-refractivity contribution in [1.29, 1.82) is 5.26 Å². The lowest BCUT2D eigenvalue weighted by atomic mass is 9.99. The highest BCUT2D eigenvalue weighted by molar-refractivity contribution is 6.22. The van der Waals surface area contributed by atoms with Crippen molar-refractivity contribution in [2.24, 2.45) is 0 Å². The number of nitrogens with zero attached hydrogens (tertiary/aromatic N) is 4. The van der Waals surface area contributed by atoms with Gasteiger partial charge in [0.1, 0.15) is 0 Å². The Balaban J connectivity index is 1.06. The third-order valence-corrected chi connectivity index (χ3v) is 10.9. The molecular weight excluding hydrogens is 657 g/mol. The van der Waals surface area contributed by atoms with Crippen molar-refractivity contribution in [3.63, 3.8) is 0 Å². The van der Waals surface area contributed by atoms with Crippen LogP contribution < -0.4 is 0 Å². The molecule has 0 fully saturated rings. The van der Waals surface area contributed by atoms with Crippen molar-refractivity contribution >= 4 is 65.3 Å². The van der Waals surface area contributed by atoms with Crippen molar-refractivity contribution in [3.05, 3.63) is 188 Å². The second-order valence-electron chi connectivity index (χ2n) is 13.9. The Hall–Kier alpha value is -7.48. The van der Waals surface area contributed by atoms with Gasteiger partial charge in [0.05, 0.1) is 44.9 Å². The van der Waals surface area contributed by atoms with E-state index in [1.54, 1.807) is 0 Å². The van der Waals surface area contributed by atoms with Crippen LogP contribution in [0.3, 0.4) is 0 Å². The van der Waals surface area contributed by atoms with Crippen molar-refractivity contribution in [1.82, 2.24) is 14.1 Å². The molecule has 8 aromatic carbocycles. The predicted octanol–water partition coefficient (Wildman–Crippen LogP) is 12.8. The first kappa shape index (κ1) is 30.2. The van der Waals surface area contributed by atoms with Gasteiger partial charge in [0, 0.05) is 43.9 Å². The topological polar surface area (TPSA) is 46.5 Å². The fourth-order valence-corrected chi connectivity index (χ4v) is 8.45. The highest BCUT2D eigenvalue weighted by Gasteiger charge is 2.18. The third kappa shape index (κ3) is 4.52. The molecule has 0 amide bonds. The van der Waals surface area contributed by atoms with E-state index in [1.807, 2.05) is 30.3 Å². The van der Waals surface area contributed by atoms with Crippen LogP contribution >= 0.6 is 0 Å². The molecule has 3 aromatic heterocycles. The Kier molecular flexibility index (Phi) is 6.58. The Bertz CT molecular complexity index is 3320. The first-order chi connectivity index (χ1) is 26.7. The average Bonchev–Trinajstić information content (AvgIpc) is 3.76. The predicted molar refractivity (Wildman–Crippen MR) is 224 cm³/mol. The van der Waals surface area contributed by atoms with Gasteiger partial charge < -0.3 is 9.13 Å². The Morgan fingerprint density at radius 1 is 0.407 bits per heavy atom. The van der Waals surface area contributed by atoms with Crippen molar-refractivity contribution < 1.29 is 0 Å². The van der Waals surface area contributed by atoms with E-state index in [0.29, 0.717) is 5.56 Å². The van der Waals surface area contributed by atoms with Crippen LogP contribution in [-0.4, -0.2) is 14.1 Å². The molecule has 11 aromatic rings. The number of hydrogen-bond acceptors (Lipinski definition) is 2. The summed E-state index contributed by atoms with van der Waals surface area (Å²) in [6, 6.07) is 66.9. The maximum Gasteiger partial charge on any atom is 0.0999 e. The van der Waals surface area contributed by atoms with Gasteiger partial charge in [-0.1, -0.05) is 109 Å². The summed E-state index contributed by atoms with van der Waals surface area (Å²) in [5.74, 6) is 0. The van der Waals surface area contributed by atoms with Crippen LogP contribution in [0.2, 0.25) is 0 Å². The summed E-state index contributed by atoms with van der Waals surface area (Å²) in [7, 11) is 0. The van der Waals surface area contributed by atoms with Crippen molar-refractivity contribution in [3.8, 4) is 39.8 Å². The van der Waals surface area contributed by atoms with E-state index < -0.39 is 0 Å². The van der Waals surface area contributed by atoms with Crippen molar-refractivity contribution in [2.75, 3.05) is 0 Å². The summed E-state index contributed by atoms with van der Waals surface area (Å²) in [4.78, 5) is 4.89. The van der Waals surface area contributed by atoms with Crippen LogP contribution in [0.5, 0.6) is 0 Å². The molecule has 0 bridgehead atoms. The maximum absolute atomic E-state index is 9.86. The smallest absolute Gasteiger partial charge is 0.0999 e. The van der Waals surface area contributed by atoms with E-state index in [0.717, 1.165) is 44.6 Å². The minimum Gasteiger partial charge on any atom is -0.309 e. The number of rotatable bonds is 4. The van der Waals surface area contributed by atoms with E-state index in [2.05, 4.69) is 167 Å². The summed E-state index contributed by atoms with van der Waals surface area (Å²) >= 11 is 0. The van der Waals surface area contributed by atoms with E-state index in [9.17, 15) is 5.26 Å². The van der Waals surface area contributed by atoms with Crippen LogP contribution in [0.1, 0.15) is 5.56 Å². The van der Waals surface area contributed by atoms with E-state index >= 15 is 0 Å². The minimum absolute atomic E-state index is 0.632. The maximum atomic E-state index is 9.86. The van der Waals surface area contributed by atoms with Crippen LogP contribution in [0.15, 0.2) is 182 Å². The van der Waals surface area contributed by atoms with Crippen LogP contribution in [0.25, 0.3) is 99.0 Å². The zero-order valence-corrected chi connectivity index (χ0v) is 29.1. The zero-order chi connectivity index (χ0) is 35.8. The molecule has 54 heavy (non-hydrogen) atoms. The van der Waals surface area contributed by atoms with E-state index in [-0.39, 0.29) is 0 Å². The van der Waals surface area contributed by atoms with E-state index in [4.69, 9.17) is 4.98 Å². The molecule has 0 spiro atoms. The molecule has 0 unspecified atom stereocenters. The van der Waals surface area contributed by atoms with Gasteiger partial charge in [0.2, 0.25) is 0 Å². The molecule has 4 nitrogen and oxygen atoms in total. The highest BCUT2D eigenvalue weighted by atomic mass is 15.0. The van der Waals surface area contributed by atoms with E-state index in [1.165, 1.54) is 54.5 Å². The number of benzene rings is 8. The second kappa shape index (κ2) is 11.8. The van der Waals surface area contributed by atoms with Gasteiger partial charge in [0.15, 0.2) is 0 Å². The Morgan fingerprint density at radius 2 is 0.981 bits per heavy atom. The number of nitriles is 1. The molecular formula is C50H30N4. The summed E-state index contributed by atoms with van der Waals surface area (Å²) in [6.07, 6.45) is 0. The standard InChI is InChI=1S/C50H30N4/c51-31-36-30-45(52-44-16-8-6-13-39(36)44)33-18-23-38(24-19-33)53-46-17-9-7-15-41(46)42-28-34(21-25-47(42)53)35-22-26-48-43(29-35)50-40-14-5-4-10-32(40)20-27-49(50)54(48)37-11-2-1-3-12-37/h1-30H. The van der Waals surface area contributed by atoms with Gasteiger partial charge >= 0.3 is 0 Å². The fourth-order valence-electron chi connectivity index (χ4n) is 8.45.